The molecule has 0 N–H and O–H groups in total. The Morgan fingerprint density at radius 1 is 0.500 bits per heavy atom. The second kappa shape index (κ2) is 6.23. The maximum Gasteiger partial charge on any atom is 0.194 e. The minimum absolute atomic E-state index is 0.101. The van der Waals surface area contributed by atoms with Crippen LogP contribution in [0.3, 0.4) is 0 Å². The van der Waals surface area contributed by atoms with Crippen LogP contribution in [-0.4, -0.2) is 11.6 Å². The average molecular weight is 384 g/mol. The van der Waals surface area contributed by atoms with Crippen molar-refractivity contribution in [1.82, 2.24) is 0 Å². The number of hydrogen-bond donors (Lipinski definition) is 0. The fourth-order valence-corrected chi connectivity index (χ4v) is 4.53. The topological polar surface area (TPSA) is 34.1 Å². The smallest absolute Gasteiger partial charge is 0.194 e. The zero-order chi connectivity index (χ0) is 20.2. The quantitative estimate of drug-likeness (QED) is 0.305. The van der Waals surface area contributed by atoms with Gasteiger partial charge in [-0.3, -0.25) is 9.59 Å². The Labute approximate surface area is 173 Å². The van der Waals surface area contributed by atoms with Crippen LogP contribution in [0.15, 0.2) is 97.1 Å². The molecule has 0 bridgehead atoms. The van der Waals surface area contributed by atoms with Crippen molar-refractivity contribution in [2.24, 2.45) is 0 Å². The van der Waals surface area contributed by atoms with Crippen molar-refractivity contribution in [3.63, 3.8) is 0 Å². The summed E-state index contributed by atoms with van der Waals surface area (Å²) in [5.74, 6) is -0.221. The minimum Gasteiger partial charge on any atom is -0.289 e. The fraction of sp³-hybridized carbons (Fsp3) is 0. The first-order valence-corrected chi connectivity index (χ1v) is 9.95. The summed E-state index contributed by atoms with van der Waals surface area (Å²) >= 11 is 0. The molecule has 2 nitrogen and oxygen atoms in total. The molecule has 140 valence electrons. The second-order valence-corrected chi connectivity index (χ2v) is 7.68. The fourth-order valence-electron chi connectivity index (χ4n) is 4.53. The number of carbonyl (C=O) groups is 2. The lowest BCUT2D eigenvalue weighted by Gasteiger charge is -2.16. The first kappa shape index (κ1) is 16.9. The van der Waals surface area contributed by atoms with E-state index in [4.69, 9.17) is 0 Å². The van der Waals surface area contributed by atoms with Crippen LogP contribution >= 0.6 is 0 Å². The van der Waals surface area contributed by atoms with Gasteiger partial charge in [-0.1, -0.05) is 84.9 Å². The van der Waals surface area contributed by atoms with E-state index >= 15 is 0 Å². The van der Waals surface area contributed by atoms with E-state index in [0.29, 0.717) is 16.7 Å². The summed E-state index contributed by atoms with van der Waals surface area (Å²) < 4.78 is 0. The van der Waals surface area contributed by atoms with Crippen LogP contribution in [0.1, 0.15) is 26.3 Å². The van der Waals surface area contributed by atoms with Crippen LogP contribution in [0.4, 0.5) is 0 Å². The Morgan fingerprint density at radius 2 is 1.13 bits per heavy atom. The summed E-state index contributed by atoms with van der Waals surface area (Å²) in [6.07, 6.45) is 1.47. The Kier molecular flexibility index (Phi) is 3.50. The average Bonchev–Trinajstić information content (AvgIpc) is 2.80. The van der Waals surface area contributed by atoms with Gasteiger partial charge in [-0.15, -0.1) is 0 Å². The molecule has 5 aromatic carbocycles. The number of carbonyl (C=O) groups excluding carboxylic acids is 2. The van der Waals surface area contributed by atoms with E-state index in [2.05, 4.69) is 54.6 Å². The number of ketones is 2. The molecule has 30 heavy (non-hydrogen) atoms. The predicted octanol–water partition coefficient (Wildman–Crippen LogP) is 6.61. The van der Waals surface area contributed by atoms with Gasteiger partial charge in [0.1, 0.15) is 0 Å². The molecule has 6 rings (SSSR count). The zero-order valence-electron chi connectivity index (χ0n) is 16.1. The number of hydrogen-bond acceptors (Lipinski definition) is 2. The highest BCUT2D eigenvalue weighted by atomic mass is 16.1. The summed E-state index contributed by atoms with van der Waals surface area (Å²) in [4.78, 5) is 25.6. The highest BCUT2D eigenvalue weighted by molar-refractivity contribution is 6.38. The van der Waals surface area contributed by atoms with E-state index < -0.39 is 0 Å². The van der Waals surface area contributed by atoms with Gasteiger partial charge in [-0.05, 0) is 50.0 Å². The molecule has 0 aromatic heterocycles. The van der Waals surface area contributed by atoms with Crippen molar-refractivity contribution in [3.8, 4) is 0 Å². The number of benzene rings is 5. The normalized spacial score (nSPS) is 13.7. The standard InChI is InChI=1S/C28H16O2/c29-27-16-26(28(30)25-8-4-3-7-24(25)27)19-10-12-21-18(15-19)11-14-22-20-6-2-1-5-17(20)9-13-23(21)22/h1-16H. The van der Waals surface area contributed by atoms with E-state index in [1.165, 1.54) is 27.6 Å². The zero-order valence-corrected chi connectivity index (χ0v) is 16.1. The molecular weight excluding hydrogens is 368 g/mol. The van der Waals surface area contributed by atoms with Crippen molar-refractivity contribution < 1.29 is 9.59 Å². The van der Waals surface area contributed by atoms with E-state index in [-0.39, 0.29) is 11.6 Å². The van der Waals surface area contributed by atoms with Gasteiger partial charge in [0.15, 0.2) is 11.6 Å². The van der Waals surface area contributed by atoms with E-state index in [1.807, 2.05) is 12.1 Å². The first-order chi connectivity index (χ1) is 14.7. The molecule has 0 saturated carbocycles. The highest BCUT2D eigenvalue weighted by Crippen LogP contribution is 2.34. The molecule has 0 saturated heterocycles. The van der Waals surface area contributed by atoms with Gasteiger partial charge >= 0.3 is 0 Å². The second-order valence-electron chi connectivity index (χ2n) is 7.68. The molecule has 0 radical (unpaired) electrons. The Hall–Kier alpha value is -4.04. The van der Waals surface area contributed by atoms with Crippen molar-refractivity contribution in [3.05, 3.63) is 114 Å². The lowest BCUT2D eigenvalue weighted by molar-refractivity contribution is 0.100. The maximum absolute atomic E-state index is 13.0. The van der Waals surface area contributed by atoms with Gasteiger partial charge in [0.2, 0.25) is 0 Å². The highest BCUT2D eigenvalue weighted by Gasteiger charge is 2.26. The van der Waals surface area contributed by atoms with Crippen LogP contribution in [-0.2, 0) is 0 Å². The summed E-state index contributed by atoms with van der Waals surface area (Å²) in [5, 5.41) is 7.03. The molecule has 0 fully saturated rings. The Morgan fingerprint density at radius 3 is 1.97 bits per heavy atom. The molecule has 0 unspecified atom stereocenters. The molecule has 0 heterocycles. The number of fused-ring (bicyclic) bond motifs is 6. The third kappa shape index (κ3) is 2.37. The predicted molar refractivity (Wildman–Crippen MR) is 122 cm³/mol. The van der Waals surface area contributed by atoms with Crippen LogP contribution in [0.2, 0.25) is 0 Å². The van der Waals surface area contributed by atoms with Gasteiger partial charge in [-0.25, -0.2) is 0 Å². The molecule has 5 aromatic rings. The van der Waals surface area contributed by atoms with Crippen molar-refractivity contribution in [2.45, 2.75) is 0 Å². The van der Waals surface area contributed by atoms with E-state index in [0.717, 1.165) is 16.3 Å². The molecule has 1 aliphatic rings. The van der Waals surface area contributed by atoms with Crippen molar-refractivity contribution in [2.75, 3.05) is 0 Å². The molecule has 1 aliphatic carbocycles. The lowest BCUT2D eigenvalue weighted by Crippen LogP contribution is -2.15. The molecule has 0 atom stereocenters. The van der Waals surface area contributed by atoms with Crippen molar-refractivity contribution in [1.29, 1.82) is 0 Å². The van der Waals surface area contributed by atoms with Gasteiger partial charge in [0, 0.05) is 16.7 Å². The van der Waals surface area contributed by atoms with Crippen LogP contribution in [0.5, 0.6) is 0 Å². The van der Waals surface area contributed by atoms with E-state index in [1.54, 1.807) is 24.3 Å². The summed E-state index contributed by atoms with van der Waals surface area (Å²) in [7, 11) is 0. The molecular formula is C28H16O2. The van der Waals surface area contributed by atoms with Gasteiger partial charge in [0.25, 0.3) is 0 Å². The number of allylic oxidation sites excluding steroid dienone is 2. The number of Topliss-reactive ketones (excluding diaryl/α,β-unsaturated/α-hetero) is 1. The maximum atomic E-state index is 13.0. The Bertz CT molecular complexity index is 1570. The van der Waals surface area contributed by atoms with Gasteiger partial charge in [0.05, 0.1) is 0 Å². The Balaban J connectivity index is 1.54. The largest absolute Gasteiger partial charge is 0.289 e. The molecule has 0 spiro atoms. The lowest BCUT2D eigenvalue weighted by atomic mass is 9.85. The molecule has 2 heteroatoms. The SMILES string of the molecule is O=C1C=C(c2ccc3c(ccc4c5ccccc5ccc34)c2)C(=O)c2ccccc21. The van der Waals surface area contributed by atoms with Crippen LogP contribution in [0.25, 0.3) is 37.9 Å². The molecule has 0 amide bonds. The van der Waals surface area contributed by atoms with Crippen molar-refractivity contribution >= 4 is 49.5 Å². The van der Waals surface area contributed by atoms with Crippen LogP contribution < -0.4 is 0 Å². The third-order valence-corrected chi connectivity index (χ3v) is 6.01. The van der Waals surface area contributed by atoms with Crippen LogP contribution in [0, 0.1) is 0 Å². The summed E-state index contributed by atoms with van der Waals surface area (Å²) in [6, 6.07) is 29.9. The van der Waals surface area contributed by atoms with E-state index in [9.17, 15) is 9.59 Å². The first-order valence-electron chi connectivity index (χ1n) is 9.95. The monoisotopic (exact) mass is 384 g/mol. The summed E-state index contributed by atoms with van der Waals surface area (Å²) in [5.41, 5.74) is 2.18. The van der Waals surface area contributed by atoms with Gasteiger partial charge in [-0.2, -0.15) is 0 Å². The van der Waals surface area contributed by atoms with Gasteiger partial charge < -0.3 is 0 Å². The minimum atomic E-state index is -0.120. The number of rotatable bonds is 1. The summed E-state index contributed by atoms with van der Waals surface area (Å²) in [6.45, 7) is 0. The third-order valence-electron chi connectivity index (χ3n) is 6.01. The molecule has 0 aliphatic heterocycles.